The molecular weight excluding hydrogens is 213 g/mol. The van der Waals surface area contributed by atoms with E-state index in [1.54, 1.807) is 0 Å². The highest BCUT2D eigenvalue weighted by atomic mass is 31.0. The fraction of sp³-hybridized carbons (Fsp3) is 0.0714. The number of rotatable bonds is 0. The van der Waals surface area contributed by atoms with Gasteiger partial charge in [0.15, 0.2) is 0 Å². The number of hydrogen-bond donors (Lipinski definition) is 0. The van der Waals surface area contributed by atoms with Crippen molar-refractivity contribution < 1.29 is 0 Å². The van der Waals surface area contributed by atoms with Crippen molar-refractivity contribution in [2.75, 3.05) is 0 Å². The first kappa shape index (κ1) is 9.62. The van der Waals surface area contributed by atoms with Gasteiger partial charge in [-0.25, -0.2) is 4.75 Å². The van der Waals surface area contributed by atoms with Gasteiger partial charge >= 0.3 is 0 Å². The third kappa shape index (κ3) is 1.45. The highest BCUT2D eigenvalue weighted by Crippen LogP contribution is 2.29. The van der Waals surface area contributed by atoms with E-state index in [1.807, 2.05) is 12.3 Å². The molecule has 2 aromatic carbocycles. The van der Waals surface area contributed by atoms with Gasteiger partial charge in [0.05, 0.1) is 0 Å². The van der Waals surface area contributed by atoms with Crippen LogP contribution in [0.3, 0.4) is 0 Å². The second-order valence-corrected chi connectivity index (χ2v) is 4.95. The molecule has 0 saturated carbocycles. The highest BCUT2D eigenvalue weighted by Gasteiger charge is 2.01. The lowest BCUT2D eigenvalue weighted by Crippen LogP contribution is -1.79. The third-order valence-corrected chi connectivity index (χ3v) is 3.90. The minimum absolute atomic E-state index is 0.513. The molecule has 0 aliphatic carbocycles. The van der Waals surface area contributed by atoms with Gasteiger partial charge < -0.3 is 0 Å². The summed E-state index contributed by atoms with van der Waals surface area (Å²) in [6, 6.07) is 15.0. The minimum Gasteiger partial charge on any atom is -0.248 e. The summed E-state index contributed by atoms with van der Waals surface area (Å²) in [5, 5.41) is 5.33. The Bertz CT molecular complexity index is 683. The zero-order valence-corrected chi connectivity index (χ0v) is 10.1. The van der Waals surface area contributed by atoms with Crippen LogP contribution >= 0.6 is 8.35 Å². The summed E-state index contributed by atoms with van der Waals surface area (Å²) in [6.45, 7) is 2.20. The van der Waals surface area contributed by atoms with Crippen LogP contribution in [0.2, 0.25) is 0 Å². The molecular formula is C14H12NP. The first-order chi connectivity index (χ1) is 7.86. The zero-order chi connectivity index (χ0) is 11.0. The molecule has 78 valence electrons. The van der Waals surface area contributed by atoms with E-state index in [0.29, 0.717) is 8.35 Å². The first-order valence-corrected chi connectivity index (χ1v) is 6.29. The third-order valence-electron chi connectivity index (χ3n) is 2.97. The molecule has 0 amide bonds. The molecule has 16 heavy (non-hydrogen) atoms. The largest absolute Gasteiger partial charge is 0.248 e. The highest BCUT2D eigenvalue weighted by molar-refractivity contribution is 7.32. The lowest BCUT2D eigenvalue weighted by Gasteiger charge is -2.04. The second-order valence-electron chi connectivity index (χ2n) is 3.93. The van der Waals surface area contributed by atoms with E-state index >= 15 is 0 Å². The van der Waals surface area contributed by atoms with Crippen LogP contribution in [0, 0.1) is 6.92 Å². The van der Waals surface area contributed by atoms with Gasteiger partial charge in [-0.15, -0.1) is 0 Å². The van der Waals surface area contributed by atoms with Crippen LogP contribution in [0.25, 0.3) is 21.3 Å². The van der Waals surface area contributed by atoms with E-state index in [2.05, 4.69) is 48.1 Å². The van der Waals surface area contributed by atoms with Gasteiger partial charge in [0.25, 0.3) is 0 Å². The Labute approximate surface area is 95.9 Å². The molecule has 0 aliphatic heterocycles. The predicted octanol–water partition coefficient (Wildman–Crippen LogP) is 4.29. The standard InChI is InChI=1S/C14H12NP/c1-10-11-5-3-9-15-16-13-6-2-4-12(8-7-11)14(10)13/h2-9,16H,1H3. The predicted molar refractivity (Wildman–Crippen MR) is 72.3 cm³/mol. The van der Waals surface area contributed by atoms with E-state index in [1.165, 1.54) is 26.8 Å². The molecule has 1 nitrogen and oxygen atoms in total. The second kappa shape index (κ2) is 3.77. The Kier molecular flexibility index (Phi) is 2.27. The molecule has 0 radical (unpaired) electrons. The molecule has 1 unspecified atom stereocenters. The van der Waals surface area contributed by atoms with Crippen molar-refractivity contribution in [2.45, 2.75) is 6.92 Å². The van der Waals surface area contributed by atoms with Gasteiger partial charge in [-0.05, 0) is 49.1 Å². The van der Waals surface area contributed by atoms with E-state index in [0.717, 1.165) is 0 Å². The summed E-state index contributed by atoms with van der Waals surface area (Å²) in [5.74, 6) is 0. The molecule has 2 heteroatoms. The topological polar surface area (TPSA) is 12.9 Å². The Balaban J connectivity index is 2.70. The van der Waals surface area contributed by atoms with Crippen molar-refractivity contribution >= 4 is 29.6 Å². The molecule has 1 aromatic heterocycles. The molecule has 0 fully saturated rings. The van der Waals surface area contributed by atoms with E-state index in [-0.39, 0.29) is 0 Å². The van der Waals surface area contributed by atoms with Crippen LogP contribution in [-0.4, -0.2) is 4.75 Å². The summed E-state index contributed by atoms with van der Waals surface area (Å²) in [6.07, 6.45) is 1.90. The maximum absolute atomic E-state index is 4.43. The SMILES string of the molecule is Cc1c2cccn[pH]c3cccc(cc2)c13. The van der Waals surface area contributed by atoms with Crippen LogP contribution in [0.5, 0.6) is 0 Å². The Hall–Kier alpha value is -1.59. The molecule has 0 N–H and O–H groups in total. The van der Waals surface area contributed by atoms with Crippen molar-refractivity contribution in [2.24, 2.45) is 0 Å². The monoisotopic (exact) mass is 225 g/mol. The van der Waals surface area contributed by atoms with Crippen LogP contribution in [0.15, 0.2) is 48.7 Å². The molecule has 0 saturated heterocycles. The Morgan fingerprint density at radius 1 is 0.938 bits per heavy atom. The molecule has 3 aromatic rings. The van der Waals surface area contributed by atoms with Crippen molar-refractivity contribution in [1.82, 2.24) is 4.75 Å². The fourth-order valence-electron chi connectivity index (χ4n) is 2.15. The van der Waals surface area contributed by atoms with Crippen LogP contribution < -0.4 is 0 Å². The number of aromatic nitrogens is 1. The summed E-state index contributed by atoms with van der Waals surface area (Å²) >= 11 is 0. The Morgan fingerprint density at radius 2 is 1.75 bits per heavy atom. The number of aryl methyl sites for hydroxylation is 1. The van der Waals surface area contributed by atoms with Crippen molar-refractivity contribution in [1.29, 1.82) is 0 Å². The molecule has 1 heterocycles. The van der Waals surface area contributed by atoms with Gasteiger partial charge in [0.1, 0.15) is 0 Å². The first-order valence-electron chi connectivity index (χ1n) is 5.34. The number of benzene rings is 2. The van der Waals surface area contributed by atoms with Gasteiger partial charge in [0, 0.05) is 11.3 Å². The summed E-state index contributed by atoms with van der Waals surface area (Å²) in [4.78, 5) is 0. The fourth-order valence-corrected chi connectivity index (χ4v) is 3.06. The van der Waals surface area contributed by atoms with Crippen LogP contribution in [-0.2, 0) is 0 Å². The Morgan fingerprint density at radius 3 is 2.69 bits per heavy atom. The average molecular weight is 225 g/mol. The van der Waals surface area contributed by atoms with Crippen molar-refractivity contribution in [3.8, 4) is 0 Å². The summed E-state index contributed by atoms with van der Waals surface area (Å²) < 4.78 is 4.43. The molecule has 0 spiro atoms. The van der Waals surface area contributed by atoms with Gasteiger partial charge in [0.2, 0.25) is 0 Å². The van der Waals surface area contributed by atoms with Crippen LogP contribution in [0.1, 0.15) is 5.56 Å². The molecule has 2 bridgehead atoms. The van der Waals surface area contributed by atoms with Gasteiger partial charge in [-0.1, -0.05) is 30.3 Å². The van der Waals surface area contributed by atoms with Crippen molar-refractivity contribution in [3.63, 3.8) is 0 Å². The normalized spacial score (nSPS) is 11.3. The minimum atomic E-state index is 0.513. The average Bonchev–Trinajstić information content (AvgIpc) is 2.36. The maximum Gasteiger partial charge on any atom is 0.0306 e. The maximum atomic E-state index is 4.43. The lowest BCUT2D eigenvalue weighted by molar-refractivity contribution is 1.55. The quantitative estimate of drug-likeness (QED) is 0.556. The smallest absolute Gasteiger partial charge is 0.0306 e. The van der Waals surface area contributed by atoms with E-state index in [4.69, 9.17) is 0 Å². The van der Waals surface area contributed by atoms with Gasteiger partial charge in [-0.3, -0.25) is 0 Å². The summed E-state index contributed by atoms with van der Waals surface area (Å²) in [7, 11) is 0.513. The zero-order valence-electron chi connectivity index (χ0n) is 9.07. The number of hydrogen-bond acceptors (Lipinski definition) is 1. The van der Waals surface area contributed by atoms with E-state index < -0.39 is 0 Å². The molecule has 1 atom stereocenters. The van der Waals surface area contributed by atoms with Crippen molar-refractivity contribution in [3.05, 3.63) is 54.2 Å². The lowest BCUT2D eigenvalue weighted by atomic mass is 10.0. The summed E-state index contributed by atoms with van der Waals surface area (Å²) in [5.41, 5.74) is 1.36. The van der Waals surface area contributed by atoms with E-state index in [9.17, 15) is 0 Å². The molecule has 0 aliphatic rings. The molecule has 3 rings (SSSR count). The number of nitrogens with zero attached hydrogens (tertiary/aromatic N) is 1. The van der Waals surface area contributed by atoms with Crippen LogP contribution in [0.4, 0.5) is 0 Å². The van der Waals surface area contributed by atoms with Gasteiger partial charge in [-0.2, -0.15) is 0 Å². The number of fused-ring (bicyclic) bond motifs is 1.